The molecule has 0 unspecified atom stereocenters. The van der Waals surface area contributed by atoms with E-state index >= 15 is 0 Å². The lowest BCUT2D eigenvalue weighted by Crippen LogP contribution is -2.21. The molecule has 1 aliphatic rings. The lowest BCUT2D eigenvalue weighted by molar-refractivity contribution is 0.102. The van der Waals surface area contributed by atoms with E-state index in [4.69, 9.17) is 14.2 Å². The maximum Gasteiger partial charge on any atom is 0.328 e. The SMILES string of the molecule is CCOc1cc(C(=O)Nc2cc3c(cc2N2CCCC2)n(C)c(=O)n3C)cc(OCC)c1OCC. The van der Waals surface area contributed by atoms with Gasteiger partial charge in [-0.2, -0.15) is 0 Å². The zero-order valence-corrected chi connectivity index (χ0v) is 21.1. The monoisotopic (exact) mass is 482 g/mol. The number of hydrogen-bond donors (Lipinski definition) is 1. The molecule has 3 aromatic rings. The summed E-state index contributed by atoms with van der Waals surface area (Å²) in [5, 5.41) is 3.08. The van der Waals surface area contributed by atoms with Gasteiger partial charge in [0.2, 0.25) is 5.75 Å². The number of imidazole rings is 1. The Bertz CT molecular complexity index is 1260. The van der Waals surface area contributed by atoms with Crippen LogP contribution in [0.2, 0.25) is 0 Å². The average Bonchev–Trinajstić information content (AvgIpc) is 3.45. The first-order valence-corrected chi connectivity index (χ1v) is 12.2. The third-order valence-electron chi connectivity index (χ3n) is 6.26. The molecule has 0 saturated carbocycles. The molecular weight excluding hydrogens is 448 g/mol. The van der Waals surface area contributed by atoms with Crippen LogP contribution in [-0.4, -0.2) is 48.0 Å². The maximum absolute atomic E-state index is 13.5. The molecule has 1 aromatic heterocycles. The first kappa shape index (κ1) is 24.5. The quantitative estimate of drug-likeness (QED) is 0.497. The summed E-state index contributed by atoms with van der Waals surface area (Å²) in [6, 6.07) is 7.23. The number of benzene rings is 2. The fourth-order valence-electron chi connectivity index (χ4n) is 4.57. The van der Waals surface area contributed by atoms with Gasteiger partial charge in [0.05, 0.1) is 42.2 Å². The Morgan fingerprint density at radius 3 is 1.94 bits per heavy atom. The number of fused-ring (bicyclic) bond motifs is 1. The first-order chi connectivity index (χ1) is 16.9. The van der Waals surface area contributed by atoms with E-state index in [1.807, 2.05) is 32.9 Å². The first-order valence-electron chi connectivity index (χ1n) is 12.2. The van der Waals surface area contributed by atoms with E-state index in [1.165, 1.54) is 0 Å². The molecule has 1 amide bonds. The van der Waals surface area contributed by atoms with Crippen LogP contribution >= 0.6 is 0 Å². The van der Waals surface area contributed by atoms with E-state index < -0.39 is 0 Å². The molecule has 35 heavy (non-hydrogen) atoms. The summed E-state index contributed by atoms with van der Waals surface area (Å²) in [5.41, 5.74) is 3.45. The van der Waals surface area contributed by atoms with Crippen LogP contribution in [0.5, 0.6) is 17.2 Å². The highest BCUT2D eigenvalue weighted by molar-refractivity contribution is 6.08. The number of aromatic nitrogens is 2. The third kappa shape index (κ3) is 4.67. The number of anilines is 2. The smallest absolute Gasteiger partial charge is 0.328 e. The van der Waals surface area contributed by atoms with Crippen molar-refractivity contribution in [2.24, 2.45) is 14.1 Å². The highest BCUT2D eigenvalue weighted by Gasteiger charge is 2.23. The largest absolute Gasteiger partial charge is 0.490 e. The number of rotatable bonds is 9. The van der Waals surface area contributed by atoms with Gasteiger partial charge in [0.15, 0.2) is 11.5 Å². The van der Waals surface area contributed by atoms with E-state index in [1.54, 1.807) is 35.4 Å². The van der Waals surface area contributed by atoms with Gasteiger partial charge in [0.1, 0.15) is 0 Å². The highest BCUT2D eigenvalue weighted by atomic mass is 16.5. The molecule has 0 atom stereocenters. The molecule has 9 nitrogen and oxygen atoms in total. The third-order valence-corrected chi connectivity index (χ3v) is 6.26. The molecule has 9 heteroatoms. The van der Waals surface area contributed by atoms with Gasteiger partial charge in [-0.3, -0.25) is 13.9 Å². The van der Waals surface area contributed by atoms with Crippen molar-refractivity contribution < 1.29 is 19.0 Å². The van der Waals surface area contributed by atoms with Gasteiger partial charge in [-0.15, -0.1) is 0 Å². The number of nitrogens with one attached hydrogen (secondary N) is 1. The summed E-state index contributed by atoms with van der Waals surface area (Å²) in [7, 11) is 3.50. The van der Waals surface area contributed by atoms with Crippen molar-refractivity contribution in [2.45, 2.75) is 33.6 Å². The van der Waals surface area contributed by atoms with Gasteiger partial charge in [-0.25, -0.2) is 4.79 Å². The number of amides is 1. The summed E-state index contributed by atoms with van der Waals surface area (Å²) in [6.45, 7) is 8.75. The summed E-state index contributed by atoms with van der Waals surface area (Å²) in [6.07, 6.45) is 2.18. The van der Waals surface area contributed by atoms with Gasteiger partial charge in [0, 0.05) is 32.7 Å². The van der Waals surface area contributed by atoms with Crippen molar-refractivity contribution in [2.75, 3.05) is 43.1 Å². The van der Waals surface area contributed by atoms with E-state index in [0.717, 1.165) is 42.7 Å². The average molecular weight is 483 g/mol. The number of nitrogens with zero attached hydrogens (tertiary/aromatic N) is 3. The van der Waals surface area contributed by atoms with Crippen LogP contribution in [0.3, 0.4) is 0 Å². The van der Waals surface area contributed by atoms with Crippen molar-refractivity contribution in [1.29, 1.82) is 0 Å². The lowest BCUT2D eigenvalue weighted by atomic mass is 10.1. The van der Waals surface area contributed by atoms with Crippen LogP contribution < -0.4 is 30.1 Å². The van der Waals surface area contributed by atoms with Crippen molar-refractivity contribution in [3.05, 3.63) is 40.3 Å². The number of carbonyl (C=O) groups excluding carboxylic acids is 1. The molecule has 0 radical (unpaired) electrons. The van der Waals surface area contributed by atoms with Crippen LogP contribution in [-0.2, 0) is 14.1 Å². The van der Waals surface area contributed by atoms with Gasteiger partial charge in [-0.1, -0.05) is 0 Å². The summed E-state index contributed by atoms with van der Waals surface area (Å²) in [5.74, 6) is 1.12. The molecule has 0 bridgehead atoms. The van der Waals surface area contributed by atoms with E-state index in [-0.39, 0.29) is 11.6 Å². The molecule has 2 heterocycles. The second-order valence-electron chi connectivity index (χ2n) is 8.51. The van der Waals surface area contributed by atoms with Crippen LogP contribution in [0.4, 0.5) is 11.4 Å². The van der Waals surface area contributed by atoms with E-state index in [9.17, 15) is 9.59 Å². The number of aryl methyl sites for hydroxylation is 2. The summed E-state index contributed by atoms with van der Waals surface area (Å²) in [4.78, 5) is 28.3. The Kier molecular flexibility index (Phi) is 7.23. The topological polar surface area (TPSA) is 87.0 Å². The lowest BCUT2D eigenvalue weighted by Gasteiger charge is -2.22. The standard InChI is InChI=1S/C26H34N4O5/c1-6-33-22-13-17(14-23(34-7-2)24(22)35-8-3)25(31)27-18-15-20-21(29(5)26(32)28(20)4)16-19(18)30-11-9-10-12-30/h13-16H,6-12H2,1-5H3,(H,27,31). The van der Waals surface area contributed by atoms with Crippen molar-refractivity contribution in [3.8, 4) is 17.2 Å². The second kappa shape index (κ2) is 10.3. The second-order valence-corrected chi connectivity index (χ2v) is 8.51. The van der Waals surface area contributed by atoms with Crippen molar-refractivity contribution in [3.63, 3.8) is 0 Å². The fourth-order valence-corrected chi connectivity index (χ4v) is 4.57. The van der Waals surface area contributed by atoms with Gasteiger partial charge < -0.3 is 24.4 Å². The molecule has 1 fully saturated rings. The van der Waals surface area contributed by atoms with E-state index in [0.29, 0.717) is 48.3 Å². The normalized spacial score (nSPS) is 13.3. The number of ether oxygens (including phenoxy) is 3. The molecular formula is C26H34N4O5. The Hall–Kier alpha value is -3.62. The maximum atomic E-state index is 13.5. The van der Waals surface area contributed by atoms with Crippen LogP contribution in [0, 0.1) is 0 Å². The minimum Gasteiger partial charge on any atom is -0.490 e. The Labute approximate surface area is 205 Å². The summed E-state index contributed by atoms with van der Waals surface area (Å²) < 4.78 is 20.5. The predicted molar refractivity (Wildman–Crippen MR) is 138 cm³/mol. The number of carbonyl (C=O) groups is 1. The highest BCUT2D eigenvalue weighted by Crippen LogP contribution is 2.40. The molecule has 4 rings (SSSR count). The molecule has 0 aliphatic carbocycles. The Balaban J connectivity index is 1.78. The molecule has 1 N–H and O–H groups in total. The minimum atomic E-state index is -0.296. The van der Waals surface area contributed by atoms with Crippen LogP contribution in [0.15, 0.2) is 29.1 Å². The molecule has 0 spiro atoms. The van der Waals surface area contributed by atoms with E-state index in [2.05, 4.69) is 10.2 Å². The minimum absolute atomic E-state index is 0.106. The molecule has 188 valence electrons. The summed E-state index contributed by atoms with van der Waals surface area (Å²) >= 11 is 0. The molecule has 2 aromatic carbocycles. The fraction of sp³-hybridized carbons (Fsp3) is 0.462. The molecule has 1 saturated heterocycles. The molecule has 1 aliphatic heterocycles. The zero-order chi connectivity index (χ0) is 25.1. The van der Waals surface area contributed by atoms with Gasteiger partial charge >= 0.3 is 5.69 Å². The Morgan fingerprint density at radius 2 is 1.40 bits per heavy atom. The Morgan fingerprint density at radius 1 is 0.857 bits per heavy atom. The van der Waals surface area contributed by atoms with Crippen LogP contribution in [0.1, 0.15) is 44.0 Å². The predicted octanol–water partition coefficient (Wildman–Crippen LogP) is 3.93. The van der Waals surface area contributed by atoms with Crippen LogP contribution in [0.25, 0.3) is 11.0 Å². The van der Waals surface area contributed by atoms with Gasteiger partial charge in [0.25, 0.3) is 5.91 Å². The zero-order valence-electron chi connectivity index (χ0n) is 21.1. The van der Waals surface area contributed by atoms with Gasteiger partial charge in [-0.05, 0) is 57.9 Å². The van der Waals surface area contributed by atoms with Crippen molar-refractivity contribution in [1.82, 2.24) is 9.13 Å². The van der Waals surface area contributed by atoms with Crippen molar-refractivity contribution >= 4 is 28.3 Å². The number of hydrogen-bond acceptors (Lipinski definition) is 6.